The minimum Gasteiger partial charge on any atom is -0.507 e. The smallest absolute Gasteiger partial charge is 0.225 e. The van der Waals surface area contributed by atoms with Crippen LogP contribution in [0.5, 0.6) is 5.75 Å². The first-order valence-electron chi connectivity index (χ1n) is 11.0. The van der Waals surface area contributed by atoms with Gasteiger partial charge in [0.15, 0.2) is 0 Å². The predicted molar refractivity (Wildman–Crippen MR) is 148 cm³/mol. The van der Waals surface area contributed by atoms with Crippen LogP contribution < -0.4 is 15.5 Å². The van der Waals surface area contributed by atoms with Crippen molar-refractivity contribution in [2.75, 3.05) is 30.9 Å². The third kappa shape index (κ3) is 5.74. The number of hydrogen-bond acceptors (Lipinski definition) is 6. The number of rotatable bonds is 7. The van der Waals surface area contributed by atoms with E-state index in [0.29, 0.717) is 24.3 Å². The van der Waals surface area contributed by atoms with Gasteiger partial charge in [-0.15, -0.1) is 0 Å². The number of hydrogen-bond donors (Lipinski definition) is 3. The van der Waals surface area contributed by atoms with Crippen LogP contribution in [0.15, 0.2) is 36.4 Å². The molecule has 1 aliphatic rings. The van der Waals surface area contributed by atoms with E-state index >= 15 is 0 Å². The Bertz CT molecular complexity index is 1080. The van der Waals surface area contributed by atoms with E-state index in [1.165, 1.54) is 12.8 Å². The standard InChI is InChI=1S/C24H29I2N5O/c1-31(2)23-19-5-3-4-6-21(19)29-24(30-23)28-18-9-7-15(8-10-18)13-27-14-16-11-17(25)12-20(26)22(16)32/h3-6,11-12,15,18,27,32H,7-10,13-14H2,1-2H3,(H,28,29,30)/t15-,18+. The van der Waals surface area contributed by atoms with Crippen LogP contribution in [0, 0.1) is 13.1 Å². The van der Waals surface area contributed by atoms with Crippen molar-refractivity contribution in [1.29, 1.82) is 0 Å². The summed E-state index contributed by atoms with van der Waals surface area (Å²) >= 11 is 4.49. The van der Waals surface area contributed by atoms with Gasteiger partial charge in [-0.2, -0.15) is 4.98 Å². The molecule has 8 heteroatoms. The number of anilines is 2. The summed E-state index contributed by atoms with van der Waals surface area (Å²) in [5, 5.41) is 18.5. The molecule has 6 nitrogen and oxygen atoms in total. The molecular weight excluding hydrogens is 628 g/mol. The molecule has 0 atom stereocenters. The quantitative estimate of drug-likeness (QED) is 0.297. The van der Waals surface area contributed by atoms with Crippen LogP contribution in [0.3, 0.4) is 0 Å². The highest BCUT2D eigenvalue weighted by Gasteiger charge is 2.22. The highest BCUT2D eigenvalue weighted by Crippen LogP contribution is 2.29. The van der Waals surface area contributed by atoms with Crippen LogP contribution in [0.2, 0.25) is 0 Å². The van der Waals surface area contributed by atoms with Crippen LogP contribution in [-0.4, -0.2) is 41.8 Å². The second-order valence-corrected chi connectivity index (χ2v) is 11.1. The molecule has 3 N–H and O–H groups in total. The molecule has 170 valence electrons. The molecule has 1 aromatic heterocycles. The van der Waals surface area contributed by atoms with E-state index in [2.05, 4.69) is 67.9 Å². The third-order valence-electron chi connectivity index (χ3n) is 6.04. The normalized spacial score (nSPS) is 18.6. The van der Waals surface area contributed by atoms with E-state index in [1.54, 1.807) is 0 Å². The monoisotopic (exact) mass is 657 g/mol. The number of fused-ring (bicyclic) bond motifs is 1. The van der Waals surface area contributed by atoms with Crippen molar-refractivity contribution >= 4 is 67.9 Å². The summed E-state index contributed by atoms with van der Waals surface area (Å²) in [6, 6.07) is 12.6. The Labute approximate surface area is 216 Å². The summed E-state index contributed by atoms with van der Waals surface area (Å²) in [4.78, 5) is 11.6. The summed E-state index contributed by atoms with van der Waals surface area (Å²) in [7, 11) is 4.04. The van der Waals surface area contributed by atoms with Crippen molar-refractivity contribution in [1.82, 2.24) is 15.3 Å². The number of phenols is 1. The van der Waals surface area contributed by atoms with Crippen molar-refractivity contribution in [3.05, 3.63) is 49.1 Å². The first kappa shape index (κ1) is 23.7. The number of benzene rings is 2. The highest BCUT2D eigenvalue weighted by atomic mass is 127. The molecule has 0 saturated heterocycles. The Balaban J connectivity index is 1.30. The Kier molecular flexibility index (Phi) is 7.93. The maximum atomic E-state index is 10.3. The van der Waals surface area contributed by atoms with Gasteiger partial charge in [-0.05, 0) is 108 Å². The van der Waals surface area contributed by atoms with E-state index in [4.69, 9.17) is 9.97 Å². The largest absolute Gasteiger partial charge is 0.507 e. The lowest BCUT2D eigenvalue weighted by Gasteiger charge is -2.29. The Hall–Kier alpha value is -1.40. The van der Waals surface area contributed by atoms with Gasteiger partial charge in [0.05, 0.1) is 9.09 Å². The fourth-order valence-corrected chi connectivity index (χ4v) is 6.29. The molecule has 4 rings (SSSR count). The minimum atomic E-state index is 0.402. The fraction of sp³-hybridized carbons (Fsp3) is 0.417. The van der Waals surface area contributed by atoms with E-state index in [1.807, 2.05) is 43.3 Å². The van der Waals surface area contributed by atoms with Crippen LogP contribution >= 0.6 is 45.2 Å². The summed E-state index contributed by atoms with van der Waals surface area (Å²) in [6.45, 7) is 1.68. The Morgan fingerprint density at radius 1 is 1.06 bits per heavy atom. The maximum absolute atomic E-state index is 10.3. The van der Waals surface area contributed by atoms with Crippen molar-refractivity contribution < 1.29 is 5.11 Å². The number of nitrogens with zero attached hydrogens (tertiary/aromatic N) is 3. The van der Waals surface area contributed by atoms with Gasteiger partial charge in [0.1, 0.15) is 11.6 Å². The highest BCUT2D eigenvalue weighted by molar-refractivity contribution is 14.1. The molecule has 32 heavy (non-hydrogen) atoms. The molecule has 2 aromatic carbocycles. The molecule has 0 spiro atoms. The number of para-hydroxylation sites is 1. The maximum Gasteiger partial charge on any atom is 0.225 e. The average molecular weight is 657 g/mol. The summed E-state index contributed by atoms with van der Waals surface area (Å²) in [5.74, 6) is 2.73. The first-order valence-corrected chi connectivity index (χ1v) is 13.1. The zero-order valence-corrected chi connectivity index (χ0v) is 22.7. The zero-order chi connectivity index (χ0) is 22.7. The van der Waals surface area contributed by atoms with Gasteiger partial charge in [0, 0.05) is 41.2 Å². The molecule has 1 fully saturated rings. The van der Waals surface area contributed by atoms with Gasteiger partial charge in [-0.3, -0.25) is 0 Å². The number of phenolic OH excluding ortho intramolecular Hbond substituents is 1. The molecule has 1 aliphatic carbocycles. The van der Waals surface area contributed by atoms with Crippen molar-refractivity contribution in [3.8, 4) is 5.75 Å². The molecule has 3 aromatic rings. The van der Waals surface area contributed by atoms with Gasteiger partial charge < -0.3 is 20.6 Å². The molecule has 0 aliphatic heterocycles. The van der Waals surface area contributed by atoms with Crippen LogP contribution in [0.25, 0.3) is 10.9 Å². The first-order chi connectivity index (χ1) is 15.4. The van der Waals surface area contributed by atoms with E-state index in [0.717, 1.165) is 54.8 Å². The lowest BCUT2D eigenvalue weighted by Crippen LogP contribution is -2.31. The fourth-order valence-electron chi connectivity index (χ4n) is 4.32. The van der Waals surface area contributed by atoms with Crippen LogP contribution in [0.4, 0.5) is 11.8 Å². The topological polar surface area (TPSA) is 73.3 Å². The lowest BCUT2D eigenvalue weighted by molar-refractivity contribution is 0.323. The molecular formula is C24H29I2N5O. The van der Waals surface area contributed by atoms with E-state index in [9.17, 15) is 5.11 Å². The molecule has 1 saturated carbocycles. The van der Waals surface area contributed by atoms with Gasteiger partial charge in [0.25, 0.3) is 0 Å². The minimum absolute atomic E-state index is 0.402. The van der Waals surface area contributed by atoms with Crippen LogP contribution in [0.1, 0.15) is 31.2 Å². The number of halogens is 2. The predicted octanol–water partition coefficient (Wildman–Crippen LogP) is 5.37. The number of aromatic nitrogens is 2. The molecule has 1 heterocycles. The molecule has 0 bridgehead atoms. The molecule has 0 amide bonds. The Morgan fingerprint density at radius 3 is 2.56 bits per heavy atom. The summed E-state index contributed by atoms with van der Waals surface area (Å²) in [6.07, 6.45) is 4.59. The van der Waals surface area contributed by atoms with Gasteiger partial charge in [0.2, 0.25) is 5.95 Å². The average Bonchev–Trinajstić information content (AvgIpc) is 2.77. The van der Waals surface area contributed by atoms with Gasteiger partial charge in [-0.1, -0.05) is 12.1 Å². The van der Waals surface area contributed by atoms with Gasteiger partial charge in [-0.25, -0.2) is 4.98 Å². The number of aromatic hydroxyl groups is 1. The second kappa shape index (κ2) is 10.7. The SMILES string of the molecule is CN(C)c1nc(N[C@H]2CC[C@@H](CNCc3cc(I)cc(I)c3O)CC2)nc2ccccc12. The van der Waals surface area contributed by atoms with E-state index < -0.39 is 0 Å². The third-order valence-corrected chi connectivity index (χ3v) is 7.49. The van der Waals surface area contributed by atoms with Crippen molar-refractivity contribution in [2.45, 2.75) is 38.3 Å². The zero-order valence-electron chi connectivity index (χ0n) is 18.4. The van der Waals surface area contributed by atoms with Crippen molar-refractivity contribution in [2.24, 2.45) is 5.92 Å². The summed E-state index contributed by atoms with van der Waals surface area (Å²) < 4.78 is 2.06. The summed E-state index contributed by atoms with van der Waals surface area (Å²) in [5.41, 5.74) is 1.95. The molecule has 0 radical (unpaired) electrons. The molecule has 0 unspecified atom stereocenters. The lowest BCUT2D eigenvalue weighted by atomic mass is 9.86. The van der Waals surface area contributed by atoms with Crippen molar-refractivity contribution in [3.63, 3.8) is 0 Å². The van der Waals surface area contributed by atoms with E-state index in [-0.39, 0.29) is 0 Å². The Morgan fingerprint density at radius 2 is 1.81 bits per heavy atom. The van der Waals surface area contributed by atoms with Crippen LogP contribution in [-0.2, 0) is 6.54 Å². The number of nitrogens with one attached hydrogen (secondary N) is 2. The second-order valence-electron chi connectivity index (χ2n) is 8.67. The van der Waals surface area contributed by atoms with Gasteiger partial charge >= 0.3 is 0 Å².